The summed E-state index contributed by atoms with van der Waals surface area (Å²) < 4.78 is 4.50. The molecule has 0 aliphatic heterocycles. The van der Waals surface area contributed by atoms with Crippen LogP contribution in [0.4, 0.5) is 0 Å². The minimum Gasteiger partial charge on any atom is -0.467 e. The number of aliphatic hydroxyl groups is 1. The zero-order chi connectivity index (χ0) is 17.2. The molecule has 0 unspecified atom stereocenters. The van der Waals surface area contributed by atoms with Crippen LogP contribution in [0.2, 0.25) is 0 Å². The summed E-state index contributed by atoms with van der Waals surface area (Å²) in [7, 11) is 1.32. The second kappa shape index (κ2) is 17.8. The molecule has 0 aromatic rings. The monoisotopic (exact) mass is 328 g/mol. The van der Waals surface area contributed by atoms with Crippen molar-refractivity contribution in [3.05, 3.63) is 0 Å². The van der Waals surface area contributed by atoms with Crippen LogP contribution in [0.25, 0.3) is 0 Å². The Morgan fingerprint density at radius 2 is 1.09 bits per heavy atom. The first-order valence-electron chi connectivity index (χ1n) is 9.98. The molecule has 0 bridgehead atoms. The van der Waals surface area contributed by atoms with Crippen molar-refractivity contribution in [2.75, 3.05) is 7.11 Å². The van der Waals surface area contributed by atoms with Gasteiger partial charge in [-0.25, -0.2) is 4.79 Å². The molecule has 1 atom stereocenters. The fourth-order valence-corrected chi connectivity index (χ4v) is 2.96. The van der Waals surface area contributed by atoms with Crippen molar-refractivity contribution in [2.45, 2.75) is 116 Å². The summed E-state index contributed by atoms with van der Waals surface area (Å²) in [6, 6.07) is 0. The number of carbonyl (C=O) groups is 1. The fourth-order valence-electron chi connectivity index (χ4n) is 2.96. The van der Waals surface area contributed by atoms with Gasteiger partial charge in [0.25, 0.3) is 0 Å². The summed E-state index contributed by atoms with van der Waals surface area (Å²) in [6.45, 7) is 2.27. The molecule has 3 heteroatoms. The Kier molecular flexibility index (Phi) is 17.3. The van der Waals surface area contributed by atoms with E-state index in [1.807, 2.05) is 0 Å². The lowest BCUT2D eigenvalue weighted by atomic mass is 10.0. The van der Waals surface area contributed by atoms with E-state index in [1.54, 1.807) is 0 Å². The third kappa shape index (κ3) is 16.1. The zero-order valence-electron chi connectivity index (χ0n) is 15.7. The first kappa shape index (κ1) is 22.4. The van der Waals surface area contributed by atoms with Gasteiger partial charge in [-0.2, -0.15) is 0 Å². The molecule has 0 aromatic carbocycles. The second-order valence-corrected chi connectivity index (χ2v) is 6.78. The minimum atomic E-state index is -0.929. The molecule has 0 spiro atoms. The Morgan fingerprint density at radius 1 is 0.739 bits per heavy atom. The molecule has 0 heterocycles. The van der Waals surface area contributed by atoms with E-state index in [0.717, 1.165) is 12.8 Å². The van der Waals surface area contributed by atoms with Crippen LogP contribution < -0.4 is 0 Å². The minimum absolute atomic E-state index is 0.504. The smallest absolute Gasteiger partial charge is 0.334 e. The SMILES string of the molecule is CCCCCCCCCCCCCCCCC[C@@H](O)C(=O)OC. The lowest BCUT2D eigenvalue weighted by Gasteiger charge is -2.07. The van der Waals surface area contributed by atoms with Gasteiger partial charge in [-0.15, -0.1) is 0 Å². The van der Waals surface area contributed by atoms with Crippen LogP contribution in [0.3, 0.4) is 0 Å². The maximum atomic E-state index is 11.0. The highest BCUT2D eigenvalue weighted by Gasteiger charge is 2.13. The van der Waals surface area contributed by atoms with E-state index in [9.17, 15) is 9.90 Å². The second-order valence-electron chi connectivity index (χ2n) is 6.78. The molecule has 0 amide bonds. The van der Waals surface area contributed by atoms with Crippen molar-refractivity contribution >= 4 is 5.97 Å². The van der Waals surface area contributed by atoms with Gasteiger partial charge in [-0.3, -0.25) is 0 Å². The van der Waals surface area contributed by atoms with Crippen LogP contribution in [-0.2, 0) is 9.53 Å². The van der Waals surface area contributed by atoms with Crippen molar-refractivity contribution in [2.24, 2.45) is 0 Å². The highest BCUT2D eigenvalue weighted by atomic mass is 16.5. The van der Waals surface area contributed by atoms with Gasteiger partial charge in [0.1, 0.15) is 0 Å². The standard InChI is InChI=1S/C20H40O3/c1-3-4-5-6-7-8-9-10-11-12-13-14-15-16-17-18-19(21)20(22)23-2/h19,21H,3-18H2,1-2H3/t19-/m1/s1. The Bertz CT molecular complexity index is 253. The van der Waals surface area contributed by atoms with Crippen molar-refractivity contribution in [1.82, 2.24) is 0 Å². The largest absolute Gasteiger partial charge is 0.467 e. The number of ether oxygens (including phenoxy) is 1. The van der Waals surface area contributed by atoms with Crippen LogP contribution in [-0.4, -0.2) is 24.3 Å². The molecule has 0 aliphatic carbocycles. The number of carbonyl (C=O) groups excluding carboxylic acids is 1. The first-order chi connectivity index (χ1) is 11.2. The van der Waals surface area contributed by atoms with Crippen LogP contribution in [0, 0.1) is 0 Å². The van der Waals surface area contributed by atoms with Crippen LogP contribution in [0.1, 0.15) is 110 Å². The highest BCUT2D eigenvalue weighted by molar-refractivity contribution is 5.74. The number of methoxy groups -OCH3 is 1. The van der Waals surface area contributed by atoms with Gasteiger partial charge in [-0.05, 0) is 6.42 Å². The number of esters is 1. The molecular formula is C20H40O3. The number of hydrogen-bond acceptors (Lipinski definition) is 3. The Balaban J connectivity index is 3.09. The summed E-state index contributed by atoms with van der Waals surface area (Å²) in [5.41, 5.74) is 0. The zero-order valence-corrected chi connectivity index (χ0v) is 15.7. The molecule has 1 N–H and O–H groups in total. The van der Waals surface area contributed by atoms with Crippen molar-refractivity contribution < 1.29 is 14.6 Å². The summed E-state index contributed by atoms with van der Waals surface area (Å²) in [5, 5.41) is 9.45. The highest BCUT2D eigenvalue weighted by Crippen LogP contribution is 2.14. The summed E-state index contributed by atoms with van der Waals surface area (Å²) in [4.78, 5) is 11.0. The maximum Gasteiger partial charge on any atom is 0.334 e. The van der Waals surface area contributed by atoms with Gasteiger partial charge in [0.05, 0.1) is 7.11 Å². The Hall–Kier alpha value is -0.570. The van der Waals surface area contributed by atoms with E-state index < -0.39 is 12.1 Å². The normalized spacial score (nSPS) is 12.3. The number of unbranched alkanes of at least 4 members (excludes halogenated alkanes) is 14. The van der Waals surface area contributed by atoms with E-state index in [1.165, 1.54) is 90.6 Å². The fraction of sp³-hybridized carbons (Fsp3) is 0.950. The molecule has 0 rings (SSSR count). The molecule has 23 heavy (non-hydrogen) atoms. The van der Waals surface area contributed by atoms with Crippen LogP contribution in [0.5, 0.6) is 0 Å². The molecule has 3 nitrogen and oxygen atoms in total. The number of hydrogen-bond donors (Lipinski definition) is 1. The first-order valence-corrected chi connectivity index (χ1v) is 9.98. The third-order valence-corrected chi connectivity index (χ3v) is 4.55. The maximum absolute atomic E-state index is 11.0. The van der Waals surface area contributed by atoms with E-state index >= 15 is 0 Å². The lowest BCUT2D eigenvalue weighted by molar-refractivity contribution is -0.150. The molecule has 0 aliphatic rings. The molecule has 0 aromatic heterocycles. The van der Waals surface area contributed by atoms with Gasteiger partial charge in [0, 0.05) is 0 Å². The predicted octanol–water partition coefficient (Wildman–Crippen LogP) is 5.78. The van der Waals surface area contributed by atoms with E-state index in [0.29, 0.717) is 6.42 Å². The van der Waals surface area contributed by atoms with Crippen molar-refractivity contribution in [3.8, 4) is 0 Å². The average Bonchev–Trinajstić information content (AvgIpc) is 2.57. The van der Waals surface area contributed by atoms with Crippen molar-refractivity contribution in [1.29, 1.82) is 0 Å². The van der Waals surface area contributed by atoms with Gasteiger partial charge in [-0.1, -0.05) is 103 Å². The molecule has 0 saturated heterocycles. The van der Waals surface area contributed by atoms with E-state index in [4.69, 9.17) is 0 Å². The number of rotatable bonds is 17. The van der Waals surface area contributed by atoms with E-state index in [2.05, 4.69) is 11.7 Å². The average molecular weight is 329 g/mol. The molecular weight excluding hydrogens is 288 g/mol. The topological polar surface area (TPSA) is 46.5 Å². The van der Waals surface area contributed by atoms with Gasteiger partial charge < -0.3 is 9.84 Å². The number of aliphatic hydroxyl groups excluding tert-OH is 1. The summed E-state index contributed by atoms with van der Waals surface area (Å²) in [5.74, 6) is -0.504. The Morgan fingerprint density at radius 3 is 1.43 bits per heavy atom. The molecule has 138 valence electrons. The molecule has 0 saturated carbocycles. The van der Waals surface area contributed by atoms with Crippen molar-refractivity contribution in [3.63, 3.8) is 0 Å². The van der Waals surface area contributed by atoms with Crippen LogP contribution >= 0.6 is 0 Å². The van der Waals surface area contributed by atoms with Crippen LogP contribution in [0.15, 0.2) is 0 Å². The van der Waals surface area contributed by atoms with Gasteiger partial charge >= 0.3 is 5.97 Å². The summed E-state index contributed by atoms with van der Waals surface area (Å²) in [6.07, 6.45) is 19.5. The van der Waals surface area contributed by atoms with E-state index in [-0.39, 0.29) is 0 Å². The third-order valence-electron chi connectivity index (χ3n) is 4.55. The Labute approximate surface area is 144 Å². The predicted molar refractivity (Wildman–Crippen MR) is 97.6 cm³/mol. The lowest BCUT2D eigenvalue weighted by Crippen LogP contribution is -2.21. The molecule has 0 radical (unpaired) electrons. The van der Waals surface area contributed by atoms with Gasteiger partial charge in [0.15, 0.2) is 6.10 Å². The quantitative estimate of drug-likeness (QED) is 0.272. The summed E-state index contributed by atoms with van der Waals surface area (Å²) >= 11 is 0. The van der Waals surface area contributed by atoms with Gasteiger partial charge in [0.2, 0.25) is 0 Å². The molecule has 0 fully saturated rings.